The number of benzene rings is 2. The molecule has 29 heavy (non-hydrogen) atoms. The minimum Gasteiger partial charge on any atom is -0.454 e. The molecule has 6 heteroatoms. The standard InChI is InChI=1S/C23H27N3O3/c1-23(2,3)29-25-22(27)16-11-12-20-18(15-16)24-21(26-13-7-4-8-14-26)17-9-5-6-10-19(17)28-20/h5-6,9-12,15H,4,7-8,13-14H2,1-3H3,(H,25,27). The Balaban J connectivity index is 1.70. The number of piperidine rings is 1. The zero-order valence-corrected chi connectivity index (χ0v) is 17.2. The van der Waals surface area contributed by atoms with E-state index in [9.17, 15) is 4.79 Å². The Bertz CT molecular complexity index is 941. The van der Waals surface area contributed by atoms with Gasteiger partial charge < -0.3 is 9.64 Å². The number of para-hydroxylation sites is 1. The predicted octanol–water partition coefficient (Wildman–Crippen LogP) is 4.82. The minimum atomic E-state index is -0.467. The van der Waals surface area contributed by atoms with E-state index in [0.29, 0.717) is 17.0 Å². The van der Waals surface area contributed by atoms with Crippen LogP contribution in [-0.4, -0.2) is 35.3 Å². The quantitative estimate of drug-likeness (QED) is 0.743. The largest absolute Gasteiger partial charge is 0.454 e. The van der Waals surface area contributed by atoms with Crippen LogP contribution in [0.4, 0.5) is 5.69 Å². The minimum absolute atomic E-state index is 0.306. The number of ether oxygens (including phenoxy) is 1. The number of nitrogens with one attached hydrogen (secondary N) is 1. The van der Waals surface area contributed by atoms with Crippen molar-refractivity contribution < 1.29 is 14.4 Å². The molecule has 2 aliphatic heterocycles. The predicted molar refractivity (Wildman–Crippen MR) is 113 cm³/mol. The first-order valence-electron chi connectivity index (χ1n) is 10.1. The molecule has 0 radical (unpaired) electrons. The van der Waals surface area contributed by atoms with Gasteiger partial charge in [0.25, 0.3) is 5.91 Å². The molecule has 0 aliphatic carbocycles. The smallest absolute Gasteiger partial charge is 0.274 e. The van der Waals surface area contributed by atoms with E-state index in [1.54, 1.807) is 18.2 Å². The van der Waals surface area contributed by atoms with E-state index < -0.39 is 5.60 Å². The molecule has 1 amide bonds. The van der Waals surface area contributed by atoms with Gasteiger partial charge in [-0.15, -0.1) is 0 Å². The van der Waals surface area contributed by atoms with Crippen molar-refractivity contribution in [3.8, 4) is 11.5 Å². The molecule has 2 aromatic rings. The summed E-state index contributed by atoms with van der Waals surface area (Å²) in [5.74, 6) is 2.02. The van der Waals surface area contributed by atoms with E-state index in [1.807, 2.05) is 45.0 Å². The number of aliphatic imine (C=N–C) groups is 1. The van der Waals surface area contributed by atoms with E-state index >= 15 is 0 Å². The molecular weight excluding hydrogens is 366 g/mol. The second kappa shape index (κ2) is 7.87. The Kier molecular flexibility index (Phi) is 5.28. The van der Waals surface area contributed by atoms with Gasteiger partial charge in [0.15, 0.2) is 5.75 Å². The second-order valence-corrected chi connectivity index (χ2v) is 8.41. The van der Waals surface area contributed by atoms with Gasteiger partial charge in [0, 0.05) is 18.7 Å². The lowest BCUT2D eigenvalue weighted by molar-refractivity contribution is -0.0589. The summed E-state index contributed by atoms with van der Waals surface area (Å²) in [5.41, 5.74) is 4.15. The molecule has 1 N–H and O–H groups in total. The summed E-state index contributed by atoms with van der Waals surface area (Å²) >= 11 is 0. The summed E-state index contributed by atoms with van der Waals surface area (Å²) < 4.78 is 6.17. The molecule has 0 atom stereocenters. The van der Waals surface area contributed by atoms with Crippen LogP contribution in [0.25, 0.3) is 0 Å². The summed E-state index contributed by atoms with van der Waals surface area (Å²) in [7, 11) is 0. The fraction of sp³-hybridized carbons (Fsp3) is 0.391. The molecule has 6 nitrogen and oxygen atoms in total. The van der Waals surface area contributed by atoms with Crippen LogP contribution in [0.3, 0.4) is 0 Å². The fourth-order valence-electron chi connectivity index (χ4n) is 3.47. The maximum absolute atomic E-state index is 12.5. The lowest BCUT2D eigenvalue weighted by Crippen LogP contribution is -2.36. The third-order valence-electron chi connectivity index (χ3n) is 4.90. The van der Waals surface area contributed by atoms with Crippen molar-refractivity contribution in [2.24, 2.45) is 4.99 Å². The fourth-order valence-corrected chi connectivity index (χ4v) is 3.47. The highest BCUT2D eigenvalue weighted by molar-refractivity contribution is 6.04. The third-order valence-corrected chi connectivity index (χ3v) is 4.90. The van der Waals surface area contributed by atoms with Crippen LogP contribution < -0.4 is 10.2 Å². The van der Waals surface area contributed by atoms with Gasteiger partial charge in [-0.2, -0.15) is 0 Å². The SMILES string of the molecule is CC(C)(C)ONC(=O)c1ccc2c(c1)N=C(N1CCCCC1)c1ccccc1O2. The monoisotopic (exact) mass is 393 g/mol. The molecule has 0 bridgehead atoms. The van der Waals surface area contributed by atoms with E-state index in [2.05, 4.69) is 10.4 Å². The first-order valence-corrected chi connectivity index (χ1v) is 10.1. The summed E-state index contributed by atoms with van der Waals surface area (Å²) in [5, 5.41) is 0. The van der Waals surface area contributed by atoms with Gasteiger partial charge in [-0.1, -0.05) is 12.1 Å². The Hall–Kier alpha value is -2.86. The van der Waals surface area contributed by atoms with Crippen LogP contribution in [0, 0.1) is 0 Å². The summed E-state index contributed by atoms with van der Waals surface area (Å²) in [6.45, 7) is 7.59. The van der Waals surface area contributed by atoms with Crippen molar-refractivity contribution in [3.63, 3.8) is 0 Å². The maximum atomic E-state index is 12.5. The number of amides is 1. The molecule has 0 spiro atoms. The molecular formula is C23H27N3O3. The van der Waals surface area contributed by atoms with Crippen molar-refractivity contribution >= 4 is 17.4 Å². The molecule has 0 saturated carbocycles. The van der Waals surface area contributed by atoms with Gasteiger partial charge in [0.1, 0.15) is 17.3 Å². The van der Waals surface area contributed by atoms with Crippen molar-refractivity contribution in [1.82, 2.24) is 10.4 Å². The van der Waals surface area contributed by atoms with Crippen molar-refractivity contribution in [1.29, 1.82) is 0 Å². The lowest BCUT2D eigenvalue weighted by Gasteiger charge is -2.29. The van der Waals surface area contributed by atoms with Gasteiger partial charge >= 0.3 is 0 Å². The van der Waals surface area contributed by atoms with Crippen molar-refractivity contribution in [2.75, 3.05) is 13.1 Å². The van der Waals surface area contributed by atoms with Crippen LogP contribution in [-0.2, 0) is 4.84 Å². The molecule has 2 heterocycles. The first kappa shape index (κ1) is 19.5. The molecule has 152 valence electrons. The van der Waals surface area contributed by atoms with Crippen LogP contribution >= 0.6 is 0 Å². The molecule has 2 aromatic carbocycles. The number of hydrogen-bond donors (Lipinski definition) is 1. The normalized spacial score (nSPS) is 16.1. The summed E-state index contributed by atoms with van der Waals surface area (Å²) in [4.78, 5) is 25.2. The van der Waals surface area contributed by atoms with Crippen molar-refractivity contribution in [3.05, 3.63) is 53.6 Å². The highest BCUT2D eigenvalue weighted by Gasteiger charge is 2.24. The molecule has 0 unspecified atom stereocenters. The Morgan fingerprint density at radius 3 is 2.59 bits per heavy atom. The van der Waals surface area contributed by atoms with E-state index in [1.165, 1.54) is 6.42 Å². The highest BCUT2D eigenvalue weighted by Crippen LogP contribution is 2.39. The number of carbonyl (C=O) groups is 1. The average Bonchev–Trinajstić information content (AvgIpc) is 2.88. The Morgan fingerprint density at radius 1 is 1.07 bits per heavy atom. The Morgan fingerprint density at radius 2 is 1.83 bits per heavy atom. The number of fused-ring (bicyclic) bond motifs is 2. The molecule has 1 fully saturated rings. The number of likely N-dealkylation sites (tertiary alicyclic amines) is 1. The summed E-state index contributed by atoms with van der Waals surface area (Å²) in [6, 6.07) is 13.2. The van der Waals surface area contributed by atoms with Crippen LogP contribution in [0.15, 0.2) is 47.5 Å². The number of hydroxylamine groups is 1. The number of nitrogens with zero attached hydrogens (tertiary/aromatic N) is 2. The maximum Gasteiger partial charge on any atom is 0.274 e. The molecule has 0 aromatic heterocycles. The average molecular weight is 393 g/mol. The van der Waals surface area contributed by atoms with Gasteiger partial charge in [0.05, 0.1) is 11.2 Å². The zero-order valence-electron chi connectivity index (χ0n) is 17.2. The third kappa shape index (κ3) is 4.43. The second-order valence-electron chi connectivity index (χ2n) is 8.41. The van der Waals surface area contributed by atoms with Crippen LogP contribution in [0.1, 0.15) is 56.0 Å². The van der Waals surface area contributed by atoms with Gasteiger partial charge in [-0.05, 0) is 70.4 Å². The number of rotatable bonds is 2. The number of amidine groups is 1. The topological polar surface area (TPSA) is 63.2 Å². The number of hydrogen-bond acceptors (Lipinski definition) is 5. The van der Waals surface area contributed by atoms with Crippen LogP contribution in [0.5, 0.6) is 11.5 Å². The molecule has 4 rings (SSSR count). The van der Waals surface area contributed by atoms with E-state index in [-0.39, 0.29) is 5.91 Å². The van der Waals surface area contributed by atoms with Crippen LogP contribution in [0.2, 0.25) is 0 Å². The van der Waals surface area contributed by atoms with Crippen molar-refractivity contribution in [2.45, 2.75) is 45.6 Å². The first-order chi connectivity index (χ1) is 13.9. The highest BCUT2D eigenvalue weighted by atomic mass is 16.7. The zero-order chi connectivity index (χ0) is 20.4. The van der Waals surface area contributed by atoms with Gasteiger partial charge in [0.2, 0.25) is 0 Å². The van der Waals surface area contributed by atoms with Gasteiger partial charge in [-0.25, -0.2) is 10.5 Å². The molecule has 1 saturated heterocycles. The van der Waals surface area contributed by atoms with E-state index in [0.717, 1.165) is 43.1 Å². The van der Waals surface area contributed by atoms with E-state index in [4.69, 9.17) is 14.6 Å². The summed E-state index contributed by atoms with van der Waals surface area (Å²) in [6.07, 6.45) is 3.56. The van der Waals surface area contributed by atoms with Gasteiger partial charge in [-0.3, -0.25) is 9.63 Å². The lowest BCUT2D eigenvalue weighted by atomic mass is 10.1. The number of carbonyl (C=O) groups excluding carboxylic acids is 1. The Labute approximate surface area is 171 Å². The molecule has 2 aliphatic rings.